The quantitative estimate of drug-likeness (QED) is 0.724. The van der Waals surface area contributed by atoms with E-state index in [1.807, 2.05) is 13.8 Å². The van der Waals surface area contributed by atoms with Crippen molar-refractivity contribution in [3.8, 4) is 6.07 Å². The highest BCUT2D eigenvalue weighted by atomic mass is 14.9. The molecule has 0 saturated heterocycles. The second-order valence-electron chi connectivity index (χ2n) is 5.97. The second kappa shape index (κ2) is 6.25. The molecular formula is C14H26N2. The number of hydrogen-bond acceptors (Lipinski definition) is 2. The van der Waals surface area contributed by atoms with Crippen LogP contribution < -0.4 is 5.32 Å². The monoisotopic (exact) mass is 222 g/mol. The van der Waals surface area contributed by atoms with Crippen LogP contribution in [0.5, 0.6) is 0 Å². The minimum absolute atomic E-state index is 0.175. The van der Waals surface area contributed by atoms with Gasteiger partial charge in [-0.2, -0.15) is 5.26 Å². The lowest BCUT2D eigenvalue weighted by atomic mass is 9.80. The fourth-order valence-electron chi connectivity index (χ4n) is 2.44. The molecule has 0 aromatic heterocycles. The topological polar surface area (TPSA) is 35.8 Å². The van der Waals surface area contributed by atoms with Gasteiger partial charge in [0.15, 0.2) is 0 Å². The van der Waals surface area contributed by atoms with Gasteiger partial charge in [0.1, 0.15) is 0 Å². The summed E-state index contributed by atoms with van der Waals surface area (Å²) in [5.41, 5.74) is -0.175. The molecule has 0 amide bonds. The lowest BCUT2D eigenvalue weighted by Crippen LogP contribution is -2.31. The summed E-state index contributed by atoms with van der Waals surface area (Å²) in [6, 6.07) is 2.35. The number of nitrogens with one attached hydrogen (secondary N) is 1. The molecule has 1 rings (SSSR count). The van der Waals surface area contributed by atoms with Gasteiger partial charge < -0.3 is 5.32 Å². The molecule has 2 nitrogen and oxygen atoms in total. The van der Waals surface area contributed by atoms with Gasteiger partial charge in [-0.05, 0) is 51.6 Å². The molecule has 1 aliphatic carbocycles. The van der Waals surface area contributed by atoms with Crippen LogP contribution in [0.15, 0.2) is 0 Å². The molecule has 16 heavy (non-hydrogen) atoms. The molecule has 1 saturated carbocycles. The van der Waals surface area contributed by atoms with Crippen molar-refractivity contribution >= 4 is 0 Å². The van der Waals surface area contributed by atoms with Crippen molar-refractivity contribution in [1.82, 2.24) is 5.32 Å². The maximum absolute atomic E-state index is 8.91. The summed E-state index contributed by atoms with van der Waals surface area (Å²) in [7, 11) is 0. The van der Waals surface area contributed by atoms with E-state index >= 15 is 0 Å². The van der Waals surface area contributed by atoms with Gasteiger partial charge in [0.2, 0.25) is 0 Å². The lowest BCUT2D eigenvalue weighted by Gasteiger charge is -2.29. The molecule has 0 bridgehead atoms. The predicted molar refractivity (Wildman–Crippen MR) is 68.0 cm³/mol. The average molecular weight is 222 g/mol. The van der Waals surface area contributed by atoms with Gasteiger partial charge >= 0.3 is 0 Å². The zero-order valence-electron chi connectivity index (χ0n) is 11.1. The Bertz CT molecular complexity index is 240. The summed E-state index contributed by atoms with van der Waals surface area (Å²) in [5, 5.41) is 12.4. The Balaban J connectivity index is 2.13. The Hall–Kier alpha value is -0.550. The van der Waals surface area contributed by atoms with Crippen molar-refractivity contribution in [3.63, 3.8) is 0 Å². The second-order valence-corrected chi connectivity index (χ2v) is 5.97. The first kappa shape index (κ1) is 13.5. The Morgan fingerprint density at radius 2 is 2.00 bits per heavy atom. The van der Waals surface area contributed by atoms with Gasteiger partial charge in [0.05, 0.1) is 11.5 Å². The van der Waals surface area contributed by atoms with Crippen molar-refractivity contribution in [3.05, 3.63) is 0 Å². The molecule has 92 valence electrons. The fraction of sp³-hybridized carbons (Fsp3) is 0.929. The zero-order valence-corrected chi connectivity index (χ0v) is 11.1. The Morgan fingerprint density at radius 3 is 2.62 bits per heavy atom. The van der Waals surface area contributed by atoms with E-state index < -0.39 is 0 Å². The number of hydrogen-bond donors (Lipinski definition) is 1. The van der Waals surface area contributed by atoms with Crippen LogP contribution in [0.4, 0.5) is 0 Å². The molecule has 0 aliphatic heterocycles. The van der Waals surface area contributed by atoms with Gasteiger partial charge in [-0.25, -0.2) is 0 Å². The molecule has 2 atom stereocenters. The van der Waals surface area contributed by atoms with Crippen LogP contribution in [0.1, 0.15) is 52.9 Å². The highest BCUT2D eigenvalue weighted by Gasteiger charge is 2.21. The SMILES string of the molecule is CC1CCCCC1CNCCC(C)(C)C#N. The molecule has 0 aromatic rings. The molecule has 0 aromatic carbocycles. The van der Waals surface area contributed by atoms with Gasteiger partial charge in [0, 0.05) is 0 Å². The van der Waals surface area contributed by atoms with E-state index in [-0.39, 0.29) is 5.41 Å². The minimum atomic E-state index is -0.175. The molecule has 2 heteroatoms. The standard InChI is InChI=1S/C14H26N2/c1-12-6-4-5-7-13(12)10-16-9-8-14(2,3)11-15/h12-13,16H,4-10H2,1-3H3. The third-order valence-electron chi connectivity index (χ3n) is 3.93. The first-order valence-corrected chi connectivity index (χ1v) is 6.67. The molecule has 2 unspecified atom stereocenters. The molecule has 0 radical (unpaired) electrons. The van der Waals surface area contributed by atoms with Crippen molar-refractivity contribution in [2.75, 3.05) is 13.1 Å². The van der Waals surface area contributed by atoms with E-state index in [0.29, 0.717) is 0 Å². The van der Waals surface area contributed by atoms with Crippen molar-refractivity contribution in [1.29, 1.82) is 5.26 Å². The van der Waals surface area contributed by atoms with Crippen LogP contribution in [-0.4, -0.2) is 13.1 Å². The molecule has 1 fully saturated rings. The van der Waals surface area contributed by atoms with Crippen LogP contribution in [0.2, 0.25) is 0 Å². The van der Waals surface area contributed by atoms with Crippen molar-refractivity contribution in [2.45, 2.75) is 52.9 Å². The van der Waals surface area contributed by atoms with Crippen LogP contribution in [0.25, 0.3) is 0 Å². The van der Waals surface area contributed by atoms with E-state index in [0.717, 1.165) is 31.3 Å². The first-order valence-electron chi connectivity index (χ1n) is 6.67. The Kier molecular flexibility index (Phi) is 5.28. The average Bonchev–Trinajstić information content (AvgIpc) is 2.27. The third-order valence-corrected chi connectivity index (χ3v) is 3.93. The zero-order chi connectivity index (χ0) is 12.0. The van der Waals surface area contributed by atoms with Crippen LogP contribution in [0, 0.1) is 28.6 Å². The molecular weight excluding hydrogens is 196 g/mol. The Morgan fingerprint density at radius 1 is 1.31 bits per heavy atom. The smallest absolute Gasteiger partial charge is 0.0684 e. The summed E-state index contributed by atoms with van der Waals surface area (Å²) >= 11 is 0. The van der Waals surface area contributed by atoms with Gasteiger partial charge in [-0.15, -0.1) is 0 Å². The summed E-state index contributed by atoms with van der Waals surface area (Å²) in [5.74, 6) is 1.74. The molecule has 1 N–H and O–H groups in total. The molecule has 1 aliphatic rings. The van der Waals surface area contributed by atoms with Gasteiger partial charge in [-0.1, -0.05) is 26.2 Å². The number of nitriles is 1. The summed E-state index contributed by atoms with van der Waals surface area (Å²) in [4.78, 5) is 0. The highest BCUT2D eigenvalue weighted by molar-refractivity contribution is 4.91. The van der Waals surface area contributed by atoms with Crippen molar-refractivity contribution < 1.29 is 0 Å². The van der Waals surface area contributed by atoms with Crippen LogP contribution >= 0.6 is 0 Å². The van der Waals surface area contributed by atoms with E-state index in [1.165, 1.54) is 25.7 Å². The number of nitrogens with zero attached hydrogens (tertiary/aromatic N) is 1. The van der Waals surface area contributed by atoms with Gasteiger partial charge in [-0.3, -0.25) is 0 Å². The lowest BCUT2D eigenvalue weighted by molar-refractivity contribution is 0.245. The largest absolute Gasteiger partial charge is 0.316 e. The maximum atomic E-state index is 8.91. The first-order chi connectivity index (χ1) is 7.55. The third kappa shape index (κ3) is 4.53. The van der Waals surface area contributed by atoms with Crippen LogP contribution in [0.3, 0.4) is 0 Å². The summed E-state index contributed by atoms with van der Waals surface area (Å²) < 4.78 is 0. The van der Waals surface area contributed by atoms with Crippen LogP contribution in [-0.2, 0) is 0 Å². The highest BCUT2D eigenvalue weighted by Crippen LogP contribution is 2.28. The van der Waals surface area contributed by atoms with E-state index in [4.69, 9.17) is 5.26 Å². The number of rotatable bonds is 5. The van der Waals surface area contributed by atoms with Gasteiger partial charge in [0.25, 0.3) is 0 Å². The van der Waals surface area contributed by atoms with Crippen molar-refractivity contribution in [2.24, 2.45) is 17.3 Å². The summed E-state index contributed by atoms with van der Waals surface area (Å²) in [6.07, 6.45) is 6.55. The van der Waals surface area contributed by atoms with E-state index in [9.17, 15) is 0 Å². The fourth-order valence-corrected chi connectivity index (χ4v) is 2.44. The molecule has 0 spiro atoms. The van der Waals surface area contributed by atoms with E-state index in [1.54, 1.807) is 0 Å². The maximum Gasteiger partial charge on any atom is 0.0684 e. The Labute approximate surface area is 100 Å². The predicted octanol–water partition coefficient (Wildman–Crippen LogP) is 3.34. The van der Waals surface area contributed by atoms with E-state index in [2.05, 4.69) is 18.3 Å². The normalized spacial score (nSPS) is 26.4. The molecule has 0 heterocycles. The summed E-state index contributed by atoms with van der Waals surface area (Å²) in [6.45, 7) is 8.52. The minimum Gasteiger partial charge on any atom is -0.316 e.